The predicted octanol–water partition coefficient (Wildman–Crippen LogP) is 3.44. The Hall–Kier alpha value is -0.0700. The summed E-state index contributed by atoms with van der Waals surface area (Å²) in [5, 5.41) is 29.5. The molecule has 332 valence electrons. The zero-order valence-electron chi connectivity index (χ0n) is 35.9. The molecule has 11 rings (SSSR count). The molecule has 14 heteroatoms. The fourth-order valence-corrected chi connectivity index (χ4v) is 7.80. The maximum Gasteiger partial charge on any atom is 0.0591 e. The summed E-state index contributed by atoms with van der Waals surface area (Å²) < 4.78 is 9.95. The van der Waals surface area contributed by atoms with Gasteiger partial charge in [-0.05, 0) is 96.6 Å². The van der Waals surface area contributed by atoms with E-state index in [-0.39, 0.29) is 0 Å². The van der Waals surface area contributed by atoms with E-state index in [1.807, 2.05) is 29.7 Å². The summed E-state index contributed by atoms with van der Waals surface area (Å²) in [6.07, 6.45) is 22.8. The third kappa shape index (κ3) is 38.2. The third-order valence-electron chi connectivity index (χ3n) is 10.1. The number of nitrogens with zero attached hydrogens (tertiary/aromatic N) is 1. The Balaban J connectivity index is 0.000000216. The van der Waals surface area contributed by atoms with E-state index in [1.165, 1.54) is 178 Å². The number of aliphatic imine (C=N–C) groups is 1. The highest BCUT2D eigenvalue weighted by Gasteiger charge is 2.26. The number of nitrogens with one attached hydrogen (secondary N) is 9. The molecule has 56 heavy (non-hydrogen) atoms. The molecule has 0 aromatic carbocycles. The molecule has 11 aliphatic rings. The number of piperidine rings is 1. The Morgan fingerprint density at radius 2 is 0.875 bits per heavy atom. The van der Waals surface area contributed by atoms with E-state index >= 15 is 0 Å². The second-order valence-electron chi connectivity index (χ2n) is 15.3. The molecule has 1 aliphatic carbocycles. The summed E-state index contributed by atoms with van der Waals surface area (Å²) >= 11 is 4.00. The van der Waals surface area contributed by atoms with Gasteiger partial charge in [0, 0.05) is 127 Å². The van der Waals surface area contributed by atoms with Gasteiger partial charge in [0.1, 0.15) is 0 Å². The molecule has 10 aliphatic heterocycles. The summed E-state index contributed by atoms with van der Waals surface area (Å²) in [6.45, 7) is 22.5. The van der Waals surface area contributed by atoms with Gasteiger partial charge in [0.25, 0.3) is 0 Å². The lowest BCUT2D eigenvalue weighted by Crippen LogP contribution is -2.48. The fourth-order valence-electron chi connectivity index (χ4n) is 6.30. The van der Waals surface area contributed by atoms with Crippen molar-refractivity contribution in [3.63, 3.8) is 0 Å². The van der Waals surface area contributed by atoms with Gasteiger partial charge in [0.2, 0.25) is 0 Å². The Morgan fingerprint density at radius 1 is 0.411 bits per heavy atom. The SMILES string of the molecule is C1=NCCC1.C1CC2CNCC1N2.C1CCC1.C1CCNC1.C1CCNCC1.C1CCOC1.C1CNCCN1.C1COCCN1.C1CSCCN1.C1CSCN1. The summed E-state index contributed by atoms with van der Waals surface area (Å²) in [7, 11) is 0. The Bertz CT molecular complexity index is 614. The second kappa shape index (κ2) is 44.5. The van der Waals surface area contributed by atoms with Gasteiger partial charge in [-0.3, -0.25) is 4.99 Å². The van der Waals surface area contributed by atoms with Crippen molar-refractivity contribution in [1.82, 2.24) is 47.9 Å². The van der Waals surface area contributed by atoms with E-state index in [0.29, 0.717) is 0 Å². The smallest absolute Gasteiger partial charge is 0.0591 e. The molecule has 2 bridgehead atoms. The van der Waals surface area contributed by atoms with Crippen molar-refractivity contribution in [2.75, 3.05) is 154 Å². The van der Waals surface area contributed by atoms with Crippen LogP contribution in [0.3, 0.4) is 0 Å². The summed E-state index contributed by atoms with van der Waals surface area (Å²) in [4.78, 5) is 3.96. The molecule has 9 N–H and O–H groups in total. The van der Waals surface area contributed by atoms with E-state index in [9.17, 15) is 0 Å². The van der Waals surface area contributed by atoms with Crippen LogP contribution in [0.15, 0.2) is 4.99 Å². The molecule has 10 fully saturated rings. The van der Waals surface area contributed by atoms with Crippen molar-refractivity contribution < 1.29 is 9.47 Å². The minimum atomic E-state index is 0.800. The molecule has 0 radical (unpaired) electrons. The van der Waals surface area contributed by atoms with Crippen LogP contribution in [0.5, 0.6) is 0 Å². The van der Waals surface area contributed by atoms with Crippen molar-refractivity contribution in [2.24, 2.45) is 4.99 Å². The topological polar surface area (TPSA) is 139 Å². The van der Waals surface area contributed by atoms with Crippen molar-refractivity contribution in [2.45, 2.75) is 108 Å². The molecule has 2 atom stereocenters. The molecule has 0 spiro atoms. The van der Waals surface area contributed by atoms with E-state index in [0.717, 1.165) is 84.3 Å². The number of thioether (sulfide) groups is 2. The number of fused-ring (bicyclic) bond motifs is 2. The molecule has 1 saturated carbocycles. The summed E-state index contributed by atoms with van der Waals surface area (Å²) in [5.41, 5.74) is 0. The monoisotopic (exact) mass is 831 g/mol. The van der Waals surface area contributed by atoms with Gasteiger partial charge >= 0.3 is 0 Å². The highest BCUT2D eigenvalue weighted by Crippen LogP contribution is 2.15. The lowest BCUT2D eigenvalue weighted by atomic mass is 10.0. The number of ether oxygens (including phenoxy) is 2. The van der Waals surface area contributed by atoms with E-state index in [1.54, 1.807) is 0 Å². The van der Waals surface area contributed by atoms with Crippen LogP contribution in [0.25, 0.3) is 0 Å². The van der Waals surface area contributed by atoms with Crippen molar-refractivity contribution >= 4 is 29.7 Å². The number of morpholine rings is 1. The molecule has 0 aromatic heterocycles. The van der Waals surface area contributed by atoms with Gasteiger partial charge < -0.3 is 57.3 Å². The van der Waals surface area contributed by atoms with E-state index < -0.39 is 0 Å². The quantitative estimate of drug-likeness (QED) is 0.177. The molecule has 0 aromatic rings. The molecule has 10 heterocycles. The van der Waals surface area contributed by atoms with Crippen LogP contribution in [0.2, 0.25) is 0 Å². The molecular formula is C42H90N10O2S2. The number of piperazine rings is 2. The first-order chi connectivity index (χ1) is 27.9. The van der Waals surface area contributed by atoms with Crippen LogP contribution in [-0.4, -0.2) is 173 Å². The van der Waals surface area contributed by atoms with Gasteiger partial charge in [-0.15, -0.1) is 11.8 Å². The minimum absolute atomic E-state index is 0.800. The van der Waals surface area contributed by atoms with Crippen LogP contribution in [0.1, 0.15) is 96.3 Å². The zero-order valence-corrected chi connectivity index (χ0v) is 37.5. The predicted molar refractivity (Wildman–Crippen MR) is 248 cm³/mol. The lowest BCUT2D eigenvalue weighted by Gasteiger charge is -2.21. The molecule has 2 unspecified atom stereocenters. The van der Waals surface area contributed by atoms with Crippen LogP contribution in [-0.2, 0) is 9.47 Å². The van der Waals surface area contributed by atoms with E-state index in [2.05, 4.69) is 52.8 Å². The Kier molecular flexibility index (Phi) is 41.4. The number of hydrogen-bond donors (Lipinski definition) is 9. The highest BCUT2D eigenvalue weighted by molar-refractivity contribution is 7.99. The average molecular weight is 831 g/mol. The zero-order chi connectivity index (χ0) is 39.3. The van der Waals surface area contributed by atoms with Gasteiger partial charge in [0.15, 0.2) is 0 Å². The lowest BCUT2D eigenvalue weighted by molar-refractivity contribution is 0.109. The largest absolute Gasteiger partial charge is 0.381 e. The maximum absolute atomic E-state index is 5.01. The highest BCUT2D eigenvalue weighted by atomic mass is 32.2. The van der Waals surface area contributed by atoms with Gasteiger partial charge in [0.05, 0.1) is 13.2 Å². The average Bonchev–Trinajstić information content (AvgIpc) is 4.13. The summed E-state index contributed by atoms with van der Waals surface area (Å²) in [5.74, 6) is 5.08. The fraction of sp³-hybridized carbons (Fsp3) is 0.976. The number of rotatable bonds is 0. The van der Waals surface area contributed by atoms with Crippen LogP contribution < -0.4 is 47.9 Å². The van der Waals surface area contributed by atoms with Crippen molar-refractivity contribution in [1.29, 1.82) is 0 Å². The first-order valence-corrected chi connectivity index (χ1v) is 25.5. The van der Waals surface area contributed by atoms with Crippen molar-refractivity contribution in [3.8, 4) is 0 Å². The maximum atomic E-state index is 5.01. The van der Waals surface area contributed by atoms with Gasteiger partial charge in [-0.1, -0.05) is 32.1 Å². The molecule has 0 amide bonds. The van der Waals surface area contributed by atoms with Crippen LogP contribution in [0, 0.1) is 0 Å². The second-order valence-corrected chi connectivity index (χ2v) is 17.6. The first-order valence-electron chi connectivity index (χ1n) is 23.2. The number of hydrogen-bond acceptors (Lipinski definition) is 14. The minimum Gasteiger partial charge on any atom is -0.381 e. The third-order valence-corrected chi connectivity index (χ3v) is 12.0. The van der Waals surface area contributed by atoms with Gasteiger partial charge in [-0.2, -0.15) is 11.8 Å². The van der Waals surface area contributed by atoms with Gasteiger partial charge in [-0.25, -0.2) is 0 Å². The molecule has 9 saturated heterocycles. The molecule has 12 nitrogen and oxygen atoms in total. The van der Waals surface area contributed by atoms with Crippen molar-refractivity contribution in [3.05, 3.63) is 0 Å². The summed E-state index contributed by atoms with van der Waals surface area (Å²) in [6, 6.07) is 1.60. The first kappa shape index (κ1) is 52.1. The van der Waals surface area contributed by atoms with E-state index in [4.69, 9.17) is 9.47 Å². The molecular weight excluding hydrogens is 741 g/mol. The van der Waals surface area contributed by atoms with Crippen LogP contribution >= 0.6 is 23.5 Å². The Labute approximate surface area is 353 Å². The standard InChI is InChI=1S/C6H12N2.C5H11N.C4H10N2.C4H9NO.C4H9NS.C4H9N.C4H7N.C4H8O.C4H8.C3H7NS/c1-2-6-4-7-3-5(1)8-6;1-2-4-6-5-3-1;1-2-6-4-3-5-1;2*1-3-6-4-2-5-1;3*1-2-4-5-3-1;1-2-4-3-1;1-2-5-3-4-1/h5-8H,1-4H2;6H,1-5H2;5-6H,1-4H2;2*5H,1-4H2;5H,1-4H2;3H,1-2,4H2;1-4H2;1-4H2;4H,1-3H2. The Morgan fingerprint density at radius 3 is 1.09 bits per heavy atom. The van der Waals surface area contributed by atoms with Crippen LogP contribution in [0.4, 0.5) is 0 Å². The normalized spacial score (nSPS) is 26.7.